The Morgan fingerprint density at radius 3 is 2.56 bits per heavy atom. The SMILES string of the molecule is CCc1ccccc1NC(=O)c1oc2c(c1C)/C(=N/NC(=O)c1ccc(O)cc1)CCC2. The third-order valence-corrected chi connectivity index (χ3v) is 5.60. The number of rotatable bonds is 5. The average molecular weight is 431 g/mol. The van der Waals surface area contributed by atoms with Crippen LogP contribution in [0.4, 0.5) is 5.69 Å². The summed E-state index contributed by atoms with van der Waals surface area (Å²) in [7, 11) is 0. The van der Waals surface area contributed by atoms with E-state index in [1.807, 2.05) is 38.1 Å². The number of phenolic OH excluding ortho intramolecular Hbond substituents is 1. The Labute approximate surface area is 186 Å². The summed E-state index contributed by atoms with van der Waals surface area (Å²) in [5, 5.41) is 16.7. The van der Waals surface area contributed by atoms with Crippen molar-refractivity contribution >= 4 is 23.2 Å². The molecule has 1 heterocycles. The lowest BCUT2D eigenvalue weighted by Crippen LogP contribution is -2.22. The lowest BCUT2D eigenvalue weighted by molar-refractivity contribution is 0.0953. The van der Waals surface area contributed by atoms with Crippen LogP contribution < -0.4 is 10.7 Å². The largest absolute Gasteiger partial charge is 0.508 e. The molecule has 0 fully saturated rings. The van der Waals surface area contributed by atoms with Crippen molar-refractivity contribution in [1.29, 1.82) is 0 Å². The van der Waals surface area contributed by atoms with Gasteiger partial charge in [-0.05, 0) is 62.1 Å². The highest BCUT2D eigenvalue weighted by atomic mass is 16.4. The fraction of sp³-hybridized carbons (Fsp3) is 0.240. The second-order valence-corrected chi connectivity index (χ2v) is 7.72. The van der Waals surface area contributed by atoms with Crippen molar-refractivity contribution < 1.29 is 19.1 Å². The molecule has 0 bridgehead atoms. The zero-order valence-corrected chi connectivity index (χ0v) is 18.1. The molecular formula is C25H25N3O4. The van der Waals surface area contributed by atoms with E-state index in [1.54, 1.807) is 0 Å². The van der Waals surface area contributed by atoms with Crippen molar-refractivity contribution in [3.8, 4) is 5.75 Å². The van der Waals surface area contributed by atoms with Gasteiger partial charge in [0.1, 0.15) is 11.5 Å². The Balaban J connectivity index is 1.57. The highest BCUT2D eigenvalue weighted by molar-refractivity contribution is 6.09. The maximum absolute atomic E-state index is 13.0. The number of anilines is 1. The normalized spacial score (nSPS) is 14.1. The second-order valence-electron chi connectivity index (χ2n) is 7.72. The van der Waals surface area contributed by atoms with E-state index in [4.69, 9.17) is 4.42 Å². The predicted octanol–water partition coefficient (Wildman–Crippen LogP) is 4.58. The summed E-state index contributed by atoms with van der Waals surface area (Å²) in [6.07, 6.45) is 3.00. The molecule has 1 aromatic heterocycles. The lowest BCUT2D eigenvalue weighted by Gasteiger charge is -2.13. The zero-order chi connectivity index (χ0) is 22.7. The standard InChI is InChI=1S/C25H25N3O4/c1-3-16-7-4-5-8-19(16)26-25(31)23-15(2)22-20(9-6-10-21(22)32-23)27-28-24(30)17-11-13-18(29)14-12-17/h4-5,7-8,11-14,29H,3,6,9-10H2,1-2H3,(H,26,31)(H,28,30)/b27-20+. The molecule has 0 radical (unpaired) electrons. The van der Waals surface area contributed by atoms with Crippen LogP contribution in [0.3, 0.4) is 0 Å². The van der Waals surface area contributed by atoms with E-state index < -0.39 is 0 Å². The number of hydrogen-bond acceptors (Lipinski definition) is 5. The summed E-state index contributed by atoms with van der Waals surface area (Å²) in [6.45, 7) is 3.88. The van der Waals surface area contributed by atoms with Gasteiger partial charge in [0, 0.05) is 28.8 Å². The number of aromatic hydroxyl groups is 1. The molecule has 4 rings (SSSR count). The van der Waals surface area contributed by atoms with Gasteiger partial charge >= 0.3 is 0 Å². The van der Waals surface area contributed by atoms with Crippen molar-refractivity contribution in [2.45, 2.75) is 39.5 Å². The Morgan fingerprint density at radius 1 is 1.06 bits per heavy atom. The highest BCUT2D eigenvalue weighted by Crippen LogP contribution is 2.30. The van der Waals surface area contributed by atoms with Crippen molar-refractivity contribution in [2.75, 3.05) is 5.32 Å². The number of aryl methyl sites for hydroxylation is 2. The van der Waals surface area contributed by atoms with Crippen LogP contribution in [0.25, 0.3) is 0 Å². The van der Waals surface area contributed by atoms with Gasteiger partial charge in [-0.15, -0.1) is 0 Å². The molecule has 3 N–H and O–H groups in total. The Hall–Kier alpha value is -3.87. The predicted molar refractivity (Wildman–Crippen MR) is 122 cm³/mol. The van der Waals surface area contributed by atoms with E-state index in [-0.39, 0.29) is 23.3 Å². The molecule has 0 saturated carbocycles. The highest BCUT2D eigenvalue weighted by Gasteiger charge is 2.28. The quantitative estimate of drug-likeness (QED) is 0.515. The second kappa shape index (κ2) is 9.09. The molecule has 3 aromatic rings. The monoisotopic (exact) mass is 431 g/mol. The Bertz CT molecular complexity index is 1190. The molecule has 1 aliphatic rings. The Kier molecular flexibility index (Phi) is 6.07. The lowest BCUT2D eigenvalue weighted by atomic mass is 9.93. The minimum atomic E-state index is -0.375. The molecule has 0 aliphatic heterocycles. The summed E-state index contributed by atoms with van der Waals surface area (Å²) in [5.74, 6) is 0.386. The molecule has 2 aromatic carbocycles. The van der Waals surface area contributed by atoms with Gasteiger partial charge < -0.3 is 14.8 Å². The zero-order valence-electron chi connectivity index (χ0n) is 18.1. The minimum Gasteiger partial charge on any atom is -0.508 e. The Morgan fingerprint density at radius 2 is 1.81 bits per heavy atom. The summed E-state index contributed by atoms with van der Waals surface area (Å²) in [6, 6.07) is 13.6. The van der Waals surface area contributed by atoms with Crippen LogP contribution in [-0.2, 0) is 12.8 Å². The van der Waals surface area contributed by atoms with Gasteiger partial charge in [-0.1, -0.05) is 25.1 Å². The molecule has 0 spiro atoms. The van der Waals surface area contributed by atoms with Gasteiger partial charge in [0.15, 0.2) is 5.76 Å². The fourth-order valence-corrected chi connectivity index (χ4v) is 3.92. The van der Waals surface area contributed by atoms with E-state index in [1.165, 1.54) is 24.3 Å². The van der Waals surface area contributed by atoms with Crippen LogP contribution >= 0.6 is 0 Å². The van der Waals surface area contributed by atoms with Crippen LogP contribution in [-0.4, -0.2) is 22.6 Å². The number of nitrogens with zero attached hydrogens (tertiary/aromatic N) is 1. The number of fused-ring (bicyclic) bond motifs is 1. The molecule has 0 unspecified atom stereocenters. The first-order chi connectivity index (χ1) is 15.5. The molecule has 1 aliphatic carbocycles. The number of phenols is 1. The number of carbonyl (C=O) groups is 2. The van der Waals surface area contributed by atoms with Crippen molar-refractivity contribution in [2.24, 2.45) is 5.10 Å². The van der Waals surface area contributed by atoms with Gasteiger partial charge in [-0.2, -0.15) is 5.10 Å². The molecule has 164 valence electrons. The topological polar surface area (TPSA) is 104 Å². The first kappa shape index (κ1) is 21.4. The third kappa shape index (κ3) is 4.27. The maximum Gasteiger partial charge on any atom is 0.291 e. The van der Waals surface area contributed by atoms with Crippen LogP contribution in [0, 0.1) is 6.92 Å². The van der Waals surface area contributed by atoms with Gasteiger partial charge in [-0.3, -0.25) is 9.59 Å². The average Bonchev–Trinajstić information content (AvgIpc) is 3.15. The van der Waals surface area contributed by atoms with Gasteiger partial charge in [0.05, 0.1) is 5.71 Å². The van der Waals surface area contributed by atoms with Gasteiger partial charge in [0.25, 0.3) is 11.8 Å². The van der Waals surface area contributed by atoms with Crippen LogP contribution in [0.15, 0.2) is 58.0 Å². The number of amides is 2. The number of nitrogens with one attached hydrogen (secondary N) is 2. The van der Waals surface area contributed by atoms with E-state index >= 15 is 0 Å². The molecular weight excluding hydrogens is 406 g/mol. The van der Waals surface area contributed by atoms with Crippen molar-refractivity contribution in [3.63, 3.8) is 0 Å². The van der Waals surface area contributed by atoms with Gasteiger partial charge in [-0.25, -0.2) is 5.43 Å². The van der Waals surface area contributed by atoms with Crippen molar-refractivity contribution in [3.05, 3.63) is 82.3 Å². The van der Waals surface area contributed by atoms with Gasteiger partial charge in [0.2, 0.25) is 0 Å². The van der Waals surface area contributed by atoms with E-state index in [0.717, 1.165) is 29.7 Å². The summed E-state index contributed by atoms with van der Waals surface area (Å²) < 4.78 is 5.95. The third-order valence-electron chi connectivity index (χ3n) is 5.60. The number of hydrazone groups is 1. The number of hydrogen-bond donors (Lipinski definition) is 3. The number of furan rings is 1. The smallest absolute Gasteiger partial charge is 0.291 e. The molecule has 0 saturated heterocycles. The number of carbonyl (C=O) groups excluding carboxylic acids is 2. The van der Waals surface area contributed by atoms with Crippen molar-refractivity contribution in [1.82, 2.24) is 5.43 Å². The molecule has 0 atom stereocenters. The fourth-order valence-electron chi connectivity index (χ4n) is 3.92. The molecule has 32 heavy (non-hydrogen) atoms. The summed E-state index contributed by atoms with van der Waals surface area (Å²) >= 11 is 0. The summed E-state index contributed by atoms with van der Waals surface area (Å²) in [5.41, 5.74) is 6.97. The molecule has 7 heteroatoms. The first-order valence-corrected chi connectivity index (χ1v) is 10.7. The van der Waals surface area contributed by atoms with E-state index in [2.05, 4.69) is 15.8 Å². The van der Waals surface area contributed by atoms with Crippen LogP contribution in [0.2, 0.25) is 0 Å². The van der Waals surface area contributed by atoms with Crippen LogP contribution in [0.1, 0.15) is 63.1 Å². The van der Waals surface area contributed by atoms with Crippen LogP contribution in [0.5, 0.6) is 5.75 Å². The number of para-hydroxylation sites is 1. The summed E-state index contributed by atoms with van der Waals surface area (Å²) in [4.78, 5) is 25.4. The minimum absolute atomic E-state index is 0.0891. The van der Waals surface area contributed by atoms with E-state index in [9.17, 15) is 14.7 Å². The first-order valence-electron chi connectivity index (χ1n) is 10.7. The van der Waals surface area contributed by atoms with E-state index in [0.29, 0.717) is 35.4 Å². The number of benzene rings is 2. The maximum atomic E-state index is 13.0. The molecule has 2 amide bonds. The molecule has 7 nitrogen and oxygen atoms in total.